The van der Waals surface area contributed by atoms with Crippen LogP contribution in [-0.2, 0) is 23.0 Å². The first-order valence-electron chi connectivity index (χ1n) is 7.61. The zero-order chi connectivity index (χ0) is 17.3. The molecule has 0 saturated heterocycles. The molecule has 0 saturated carbocycles. The summed E-state index contributed by atoms with van der Waals surface area (Å²) in [6, 6.07) is 14.0. The van der Waals surface area contributed by atoms with E-state index < -0.39 is 0 Å². The van der Waals surface area contributed by atoms with Crippen molar-refractivity contribution < 1.29 is 9.53 Å². The van der Waals surface area contributed by atoms with Gasteiger partial charge in [-0.25, -0.2) is 0 Å². The average Bonchev–Trinajstić information content (AvgIpc) is 2.85. The molecule has 124 valence electrons. The summed E-state index contributed by atoms with van der Waals surface area (Å²) in [5.74, 6) is -0.205. The highest BCUT2D eigenvalue weighted by Gasteiger charge is 2.18. The Balaban J connectivity index is 2.20. The van der Waals surface area contributed by atoms with Crippen molar-refractivity contribution in [1.82, 2.24) is 4.57 Å². The second kappa shape index (κ2) is 6.99. The van der Waals surface area contributed by atoms with Gasteiger partial charge in [-0.1, -0.05) is 39.7 Å². The molecule has 0 spiro atoms. The van der Waals surface area contributed by atoms with Crippen LogP contribution in [0.3, 0.4) is 0 Å². The lowest BCUT2D eigenvalue weighted by Gasteiger charge is -2.08. The van der Waals surface area contributed by atoms with E-state index in [1.807, 2.05) is 37.4 Å². The molecule has 24 heavy (non-hydrogen) atoms. The van der Waals surface area contributed by atoms with E-state index in [1.54, 1.807) is 0 Å². The van der Waals surface area contributed by atoms with Gasteiger partial charge in [-0.05, 0) is 47.9 Å². The van der Waals surface area contributed by atoms with Crippen LogP contribution in [0.5, 0.6) is 0 Å². The number of rotatable bonds is 4. The molecule has 0 N–H and O–H groups in total. The molecule has 0 aliphatic rings. The molecule has 0 aliphatic heterocycles. The zero-order valence-electron chi connectivity index (χ0n) is 13.5. The molecule has 0 fully saturated rings. The van der Waals surface area contributed by atoms with E-state index in [0.29, 0.717) is 17.9 Å². The van der Waals surface area contributed by atoms with Crippen molar-refractivity contribution in [3.63, 3.8) is 0 Å². The molecule has 0 aliphatic carbocycles. The van der Waals surface area contributed by atoms with Crippen LogP contribution < -0.4 is 0 Å². The van der Waals surface area contributed by atoms with Gasteiger partial charge in [-0.2, -0.15) is 0 Å². The maximum Gasteiger partial charge on any atom is 0.305 e. The summed E-state index contributed by atoms with van der Waals surface area (Å²) < 4.78 is 7.98. The number of ether oxygens (including phenoxy) is 1. The number of benzene rings is 2. The van der Waals surface area contributed by atoms with Crippen molar-refractivity contribution in [3.05, 3.63) is 57.5 Å². The molecular formula is C19H17BrClNO2. The molecule has 1 aromatic heterocycles. The van der Waals surface area contributed by atoms with Gasteiger partial charge in [-0.15, -0.1) is 0 Å². The topological polar surface area (TPSA) is 31.2 Å². The third-order valence-corrected chi connectivity index (χ3v) is 4.94. The van der Waals surface area contributed by atoms with Crippen LogP contribution in [0.4, 0.5) is 0 Å². The minimum atomic E-state index is -0.205. The van der Waals surface area contributed by atoms with Gasteiger partial charge in [-0.3, -0.25) is 4.79 Å². The van der Waals surface area contributed by atoms with E-state index in [1.165, 1.54) is 7.11 Å². The predicted octanol–water partition coefficient (Wildman–Crippen LogP) is 5.37. The summed E-state index contributed by atoms with van der Waals surface area (Å²) in [5.41, 5.74) is 4.45. The Hall–Kier alpha value is -1.78. The van der Waals surface area contributed by atoms with Gasteiger partial charge in [0.15, 0.2) is 0 Å². The number of fused-ring (bicyclic) bond motifs is 1. The fraction of sp³-hybridized carbons (Fsp3) is 0.211. The highest BCUT2D eigenvalue weighted by atomic mass is 79.9. The number of nitrogens with zero attached hydrogens (tertiary/aromatic N) is 1. The third kappa shape index (κ3) is 3.21. The Kier molecular flexibility index (Phi) is 4.97. The number of methoxy groups -OCH3 is 1. The van der Waals surface area contributed by atoms with Crippen molar-refractivity contribution in [1.29, 1.82) is 0 Å². The largest absolute Gasteiger partial charge is 0.469 e. The molecule has 0 atom stereocenters. The maximum atomic E-state index is 11.6. The van der Waals surface area contributed by atoms with E-state index >= 15 is 0 Å². The maximum absolute atomic E-state index is 11.6. The second-order valence-electron chi connectivity index (χ2n) is 5.63. The van der Waals surface area contributed by atoms with Gasteiger partial charge in [0.05, 0.1) is 12.8 Å². The molecular weight excluding hydrogens is 390 g/mol. The van der Waals surface area contributed by atoms with Crippen LogP contribution in [0.15, 0.2) is 46.9 Å². The molecule has 1 heterocycles. The van der Waals surface area contributed by atoms with E-state index in [4.69, 9.17) is 16.3 Å². The van der Waals surface area contributed by atoms with E-state index in [0.717, 1.165) is 32.2 Å². The first kappa shape index (κ1) is 17.1. The van der Waals surface area contributed by atoms with Gasteiger partial charge >= 0.3 is 5.97 Å². The van der Waals surface area contributed by atoms with Gasteiger partial charge < -0.3 is 9.30 Å². The number of halogens is 2. The fourth-order valence-electron chi connectivity index (χ4n) is 3.05. The van der Waals surface area contributed by atoms with E-state index in [9.17, 15) is 4.79 Å². The van der Waals surface area contributed by atoms with Crippen LogP contribution in [-0.4, -0.2) is 17.6 Å². The summed E-state index contributed by atoms with van der Waals surface area (Å²) >= 11 is 9.57. The molecule has 0 bridgehead atoms. The van der Waals surface area contributed by atoms with Gasteiger partial charge in [0, 0.05) is 33.9 Å². The normalized spacial score (nSPS) is 11.0. The Bertz CT molecular complexity index is 900. The number of aromatic nitrogens is 1. The number of hydrogen-bond acceptors (Lipinski definition) is 2. The molecule has 5 heteroatoms. The highest BCUT2D eigenvalue weighted by Crippen LogP contribution is 2.35. The van der Waals surface area contributed by atoms with Gasteiger partial charge in [0.25, 0.3) is 0 Å². The lowest BCUT2D eigenvalue weighted by atomic mass is 10.0. The Morgan fingerprint density at radius 1 is 1.21 bits per heavy atom. The number of carbonyl (C=O) groups is 1. The van der Waals surface area contributed by atoms with Crippen LogP contribution in [0.25, 0.3) is 22.2 Å². The second-order valence-corrected chi connectivity index (χ2v) is 6.98. The van der Waals surface area contributed by atoms with Crippen molar-refractivity contribution in [2.75, 3.05) is 7.11 Å². The quantitative estimate of drug-likeness (QED) is 0.546. The first-order chi connectivity index (χ1) is 11.5. The number of carbonyl (C=O) groups excluding carboxylic acids is 1. The molecule has 3 nitrogen and oxygen atoms in total. The predicted molar refractivity (Wildman–Crippen MR) is 101 cm³/mol. The lowest BCUT2D eigenvalue weighted by molar-refractivity contribution is -0.140. The van der Waals surface area contributed by atoms with Crippen LogP contribution in [0, 0.1) is 0 Å². The summed E-state index contributed by atoms with van der Waals surface area (Å²) in [6.07, 6.45) is 0.973. The standard InChI is InChI=1S/C19H17BrClNO2/c1-22-17-9-5-13(20)11-16(17)15(8-10-18(23)24-2)19(22)12-3-6-14(21)7-4-12/h3-7,9,11H,8,10H2,1-2H3. The highest BCUT2D eigenvalue weighted by molar-refractivity contribution is 9.10. The minimum absolute atomic E-state index is 0.205. The van der Waals surface area contributed by atoms with Crippen LogP contribution in [0.1, 0.15) is 12.0 Å². The summed E-state index contributed by atoms with van der Waals surface area (Å²) in [7, 11) is 3.46. The molecule has 0 amide bonds. The monoisotopic (exact) mass is 405 g/mol. The number of esters is 1. The van der Waals surface area contributed by atoms with Crippen molar-refractivity contribution in [3.8, 4) is 11.3 Å². The average molecular weight is 407 g/mol. The molecule has 0 unspecified atom stereocenters. The van der Waals surface area contributed by atoms with Crippen molar-refractivity contribution in [2.24, 2.45) is 7.05 Å². The fourth-order valence-corrected chi connectivity index (χ4v) is 3.54. The summed E-state index contributed by atoms with van der Waals surface area (Å²) in [5, 5.41) is 1.84. The van der Waals surface area contributed by atoms with E-state index in [2.05, 4.69) is 32.6 Å². The Labute approximate surface area is 154 Å². The van der Waals surface area contributed by atoms with Crippen LogP contribution >= 0.6 is 27.5 Å². The van der Waals surface area contributed by atoms with Gasteiger partial charge in [0.1, 0.15) is 0 Å². The first-order valence-corrected chi connectivity index (χ1v) is 8.78. The molecule has 2 aromatic carbocycles. The van der Waals surface area contributed by atoms with Crippen LogP contribution in [0.2, 0.25) is 5.02 Å². The third-order valence-electron chi connectivity index (χ3n) is 4.19. The number of hydrogen-bond donors (Lipinski definition) is 0. The Morgan fingerprint density at radius 2 is 1.92 bits per heavy atom. The summed E-state index contributed by atoms with van der Waals surface area (Å²) in [6.45, 7) is 0. The SMILES string of the molecule is COC(=O)CCc1c(-c2ccc(Cl)cc2)n(C)c2ccc(Br)cc12. The molecule has 3 rings (SSSR count). The minimum Gasteiger partial charge on any atom is -0.469 e. The van der Waals surface area contributed by atoms with Crippen molar-refractivity contribution in [2.45, 2.75) is 12.8 Å². The zero-order valence-corrected chi connectivity index (χ0v) is 15.8. The molecule has 3 aromatic rings. The lowest BCUT2D eigenvalue weighted by Crippen LogP contribution is -2.03. The van der Waals surface area contributed by atoms with Gasteiger partial charge in [0.2, 0.25) is 0 Å². The van der Waals surface area contributed by atoms with Crippen molar-refractivity contribution >= 4 is 44.4 Å². The molecule has 0 radical (unpaired) electrons. The number of aryl methyl sites for hydroxylation is 2. The Morgan fingerprint density at radius 3 is 2.58 bits per heavy atom. The summed E-state index contributed by atoms with van der Waals surface area (Å²) in [4.78, 5) is 11.6. The van der Waals surface area contributed by atoms with E-state index in [-0.39, 0.29) is 5.97 Å². The smallest absolute Gasteiger partial charge is 0.305 e.